The minimum atomic E-state index is -0.389. The van der Waals surface area contributed by atoms with Crippen LogP contribution in [0.1, 0.15) is 35.5 Å². The summed E-state index contributed by atoms with van der Waals surface area (Å²) in [6, 6.07) is 2.11. The first-order valence-corrected chi connectivity index (χ1v) is 10.2. The molecule has 0 aromatic carbocycles. The average Bonchev–Trinajstić information content (AvgIpc) is 3.08. The van der Waals surface area contributed by atoms with Crippen LogP contribution >= 0.6 is 23.1 Å². The number of amides is 2. The molecule has 8 nitrogen and oxygen atoms in total. The molecule has 0 aliphatic rings. The molecule has 2 heterocycles. The third kappa shape index (κ3) is 5.80. The number of thioether (sulfide) groups is 1. The molecule has 2 aromatic heterocycles. The maximum Gasteiger partial charge on any atom is 0.227 e. The van der Waals surface area contributed by atoms with Crippen molar-refractivity contribution in [2.24, 2.45) is 5.73 Å². The standard InChI is InChI=1S/C17H22N6O2S2/c1-10-13(12(3)23(22-10)8-4-7-18)5-6-15(25)21-17-20-11(2)16(27-17)26-9-14(19)24/h4-6,8-9H2,1-3H3,(H2,19,24)(H,20,21,25). The molecule has 0 saturated heterocycles. The molecule has 2 rings (SSSR count). The number of nitriles is 1. The second-order valence-corrected chi connectivity index (χ2v) is 8.22. The van der Waals surface area contributed by atoms with Crippen LogP contribution < -0.4 is 11.1 Å². The molecule has 0 saturated carbocycles. The number of hydrogen-bond donors (Lipinski definition) is 2. The number of nitrogens with two attached hydrogens (primary N) is 1. The van der Waals surface area contributed by atoms with Gasteiger partial charge < -0.3 is 11.1 Å². The Kier molecular flexibility index (Phi) is 7.38. The topological polar surface area (TPSA) is 127 Å². The Hall–Kier alpha value is -2.38. The van der Waals surface area contributed by atoms with Crippen molar-refractivity contribution in [2.45, 2.75) is 50.8 Å². The number of carbonyl (C=O) groups is 2. The zero-order valence-electron chi connectivity index (χ0n) is 15.5. The van der Waals surface area contributed by atoms with E-state index in [0.29, 0.717) is 30.9 Å². The number of nitrogens with one attached hydrogen (secondary N) is 1. The van der Waals surface area contributed by atoms with Gasteiger partial charge in [0.15, 0.2) is 5.13 Å². The molecule has 10 heteroatoms. The van der Waals surface area contributed by atoms with Crippen molar-refractivity contribution in [3.63, 3.8) is 0 Å². The number of hydrogen-bond acceptors (Lipinski definition) is 7. The summed E-state index contributed by atoms with van der Waals surface area (Å²) in [5.74, 6) is -0.330. The van der Waals surface area contributed by atoms with Gasteiger partial charge in [-0.05, 0) is 32.8 Å². The predicted molar refractivity (Wildman–Crippen MR) is 106 cm³/mol. The first kappa shape index (κ1) is 20.9. The molecule has 0 aliphatic carbocycles. The molecule has 0 radical (unpaired) electrons. The molecule has 0 bridgehead atoms. The van der Waals surface area contributed by atoms with E-state index < -0.39 is 0 Å². The lowest BCUT2D eigenvalue weighted by molar-refractivity contribution is -0.116. The number of anilines is 1. The lowest BCUT2D eigenvalue weighted by Gasteiger charge is -2.04. The van der Waals surface area contributed by atoms with Gasteiger partial charge in [0.25, 0.3) is 0 Å². The summed E-state index contributed by atoms with van der Waals surface area (Å²) in [4.78, 5) is 27.5. The van der Waals surface area contributed by atoms with E-state index in [-0.39, 0.29) is 17.6 Å². The van der Waals surface area contributed by atoms with Crippen LogP contribution in [0.25, 0.3) is 0 Å². The lowest BCUT2D eigenvalue weighted by Crippen LogP contribution is -2.12. The third-order valence-corrected chi connectivity index (χ3v) is 6.37. The van der Waals surface area contributed by atoms with Gasteiger partial charge in [-0.15, -0.1) is 11.8 Å². The van der Waals surface area contributed by atoms with Crippen molar-refractivity contribution in [2.75, 3.05) is 11.1 Å². The highest BCUT2D eigenvalue weighted by molar-refractivity contribution is 8.01. The van der Waals surface area contributed by atoms with E-state index in [0.717, 1.165) is 26.9 Å². The van der Waals surface area contributed by atoms with E-state index in [1.54, 1.807) is 0 Å². The maximum absolute atomic E-state index is 12.3. The second-order valence-electron chi connectivity index (χ2n) is 5.98. The smallest absolute Gasteiger partial charge is 0.227 e. The second kappa shape index (κ2) is 9.53. The number of aryl methyl sites for hydroxylation is 3. The van der Waals surface area contributed by atoms with Gasteiger partial charge in [-0.1, -0.05) is 11.3 Å². The van der Waals surface area contributed by atoms with E-state index in [2.05, 4.69) is 21.5 Å². The zero-order chi connectivity index (χ0) is 20.0. The highest BCUT2D eigenvalue weighted by Crippen LogP contribution is 2.32. The summed E-state index contributed by atoms with van der Waals surface area (Å²) in [5.41, 5.74) is 8.84. The molecule has 0 aliphatic heterocycles. The van der Waals surface area contributed by atoms with Gasteiger partial charge in [0.1, 0.15) is 0 Å². The third-order valence-electron chi connectivity index (χ3n) is 3.91. The molecule has 0 spiro atoms. The Bertz CT molecular complexity index is 881. The number of thiazole rings is 1. The maximum atomic E-state index is 12.3. The summed E-state index contributed by atoms with van der Waals surface area (Å²) < 4.78 is 2.69. The summed E-state index contributed by atoms with van der Waals surface area (Å²) >= 11 is 2.66. The number of rotatable bonds is 9. The highest BCUT2D eigenvalue weighted by atomic mass is 32.2. The predicted octanol–water partition coefficient (Wildman–Crippen LogP) is 2.33. The first-order valence-electron chi connectivity index (χ1n) is 8.40. The Morgan fingerprint density at radius 1 is 1.33 bits per heavy atom. The van der Waals surface area contributed by atoms with Gasteiger partial charge in [-0.2, -0.15) is 10.4 Å². The number of aromatic nitrogens is 3. The first-order chi connectivity index (χ1) is 12.8. The van der Waals surface area contributed by atoms with Gasteiger partial charge in [-0.25, -0.2) is 4.98 Å². The van der Waals surface area contributed by atoms with Crippen molar-refractivity contribution in [1.29, 1.82) is 5.26 Å². The van der Waals surface area contributed by atoms with E-state index in [1.165, 1.54) is 23.1 Å². The normalized spacial score (nSPS) is 10.6. The molecule has 0 unspecified atom stereocenters. The Morgan fingerprint density at radius 3 is 2.74 bits per heavy atom. The largest absolute Gasteiger partial charge is 0.369 e. The Labute approximate surface area is 166 Å². The fraction of sp³-hybridized carbons (Fsp3) is 0.471. The SMILES string of the molecule is Cc1nc(NC(=O)CCc2c(C)nn(CCC#N)c2C)sc1SCC(N)=O. The van der Waals surface area contributed by atoms with Crippen molar-refractivity contribution >= 4 is 40.0 Å². The van der Waals surface area contributed by atoms with Crippen LogP contribution in [0, 0.1) is 32.1 Å². The van der Waals surface area contributed by atoms with Crippen molar-refractivity contribution in [3.05, 3.63) is 22.6 Å². The number of nitrogens with zero attached hydrogens (tertiary/aromatic N) is 4. The zero-order valence-corrected chi connectivity index (χ0v) is 17.2. The summed E-state index contributed by atoms with van der Waals surface area (Å²) in [7, 11) is 0. The van der Waals surface area contributed by atoms with Crippen LogP contribution in [-0.4, -0.2) is 32.3 Å². The average molecular weight is 407 g/mol. The van der Waals surface area contributed by atoms with Crippen LogP contribution in [0.2, 0.25) is 0 Å². The van der Waals surface area contributed by atoms with Crippen LogP contribution in [-0.2, 0) is 22.6 Å². The number of carbonyl (C=O) groups excluding carboxylic acids is 2. The van der Waals surface area contributed by atoms with Gasteiger partial charge in [-0.3, -0.25) is 14.3 Å². The van der Waals surface area contributed by atoms with Gasteiger partial charge in [0.2, 0.25) is 11.8 Å². The molecular weight excluding hydrogens is 384 g/mol. The van der Waals surface area contributed by atoms with Crippen LogP contribution in [0.3, 0.4) is 0 Å². The van der Waals surface area contributed by atoms with Crippen LogP contribution in [0.5, 0.6) is 0 Å². The van der Waals surface area contributed by atoms with Crippen molar-refractivity contribution in [3.8, 4) is 6.07 Å². The van der Waals surface area contributed by atoms with Gasteiger partial charge in [0, 0.05) is 12.1 Å². The Balaban J connectivity index is 1.93. The van der Waals surface area contributed by atoms with E-state index >= 15 is 0 Å². The van der Waals surface area contributed by atoms with E-state index in [9.17, 15) is 9.59 Å². The van der Waals surface area contributed by atoms with E-state index in [4.69, 9.17) is 11.0 Å². The summed E-state index contributed by atoms with van der Waals surface area (Å²) in [6.07, 6.45) is 1.29. The Morgan fingerprint density at radius 2 is 2.07 bits per heavy atom. The van der Waals surface area contributed by atoms with Gasteiger partial charge >= 0.3 is 0 Å². The van der Waals surface area contributed by atoms with Crippen LogP contribution in [0.4, 0.5) is 5.13 Å². The minimum absolute atomic E-state index is 0.126. The molecule has 0 atom stereocenters. The van der Waals surface area contributed by atoms with E-state index in [1.807, 2.05) is 25.5 Å². The van der Waals surface area contributed by atoms with Crippen molar-refractivity contribution in [1.82, 2.24) is 14.8 Å². The molecular formula is C17H22N6O2S2. The lowest BCUT2D eigenvalue weighted by atomic mass is 10.1. The molecule has 2 aromatic rings. The summed E-state index contributed by atoms with van der Waals surface area (Å²) in [5, 5.41) is 16.5. The van der Waals surface area contributed by atoms with Gasteiger partial charge in [0.05, 0.1) is 40.4 Å². The number of primary amides is 1. The fourth-order valence-corrected chi connectivity index (χ4v) is 4.49. The quantitative estimate of drug-likeness (QED) is 0.615. The molecule has 2 amide bonds. The molecule has 144 valence electrons. The van der Waals surface area contributed by atoms with Crippen molar-refractivity contribution < 1.29 is 9.59 Å². The fourth-order valence-electron chi connectivity index (χ4n) is 2.60. The molecule has 3 N–H and O–H groups in total. The van der Waals surface area contributed by atoms with Crippen LogP contribution in [0.15, 0.2) is 4.21 Å². The molecule has 27 heavy (non-hydrogen) atoms. The molecule has 0 fully saturated rings. The monoisotopic (exact) mass is 406 g/mol. The highest BCUT2D eigenvalue weighted by Gasteiger charge is 2.15. The minimum Gasteiger partial charge on any atom is -0.369 e. The summed E-state index contributed by atoms with van der Waals surface area (Å²) in [6.45, 7) is 6.25.